The first-order valence-electron chi connectivity index (χ1n) is 8.05. The van der Waals surface area contributed by atoms with Crippen molar-refractivity contribution in [1.82, 2.24) is 4.90 Å². The second kappa shape index (κ2) is 7.17. The van der Waals surface area contributed by atoms with Gasteiger partial charge in [0.05, 0.1) is 0 Å². The molecule has 2 aromatic carbocycles. The van der Waals surface area contributed by atoms with Gasteiger partial charge in [0.15, 0.2) is 0 Å². The Labute approximate surface area is 141 Å². The Morgan fingerprint density at radius 1 is 0.958 bits per heavy atom. The van der Waals surface area contributed by atoms with E-state index in [0.717, 1.165) is 31.5 Å². The Balaban J connectivity index is 1.84. The summed E-state index contributed by atoms with van der Waals surface area (Å²) in [4.78, 5) is 25.9. The molecule has 0 aliphatic carbocycles. The van der Waals surface area contributed by atoms with Gasteiger partial charge in [-0.1, -0.05) is 30.3 Å². The minimum atomic E-state index is -0.691. The zero-order valence-corrected chi connectivity index (χ0v) is 13.4. The van der Waals surface area contributed by atoms with Crippen molar-refractivity contribution in [2.75, 3.05) is 13.1 Å². The molecule has 5 nitrogen and oxygen atoms in total. The van der Waals surface area contributed by atoms with Crippen LogP contribution in [0.25, 0.3) is 0 Å². The zero-order valence-electron chi connectivity index (χ0n) is 13.4. The molecular formula is C19H20N2O3. The first-order chi connectivity index (χ1) is 11.6. The lowest BCUT2D eigenvalue weighted by Crippen LogP contribution is -2.35. The van der Waals surface area contributed by atoms with Crippen molar-refractivity contribution in [2.45, 2.75) is 18.9 Å². The fraction of sp³-hybridized carbons (Fsp3) is 0.263. The third-order valence-electron chi connectivity index (χ3n) is 4.14. The van der Waals surface area contributed by atoms with Crippen molar-refractivity contribution in [3.05, 3.63) is 65.7 Å². The molecule has 1 fully saturated rings. The lowest BCUT2D eigenvalue weighted by molar-refractivity contribution is -0.137. The number of hydrogen-bond donors (Lipinski definition) is 1. The molecule has 1 saturated heterocycles. The molecule has 1 aliphatic rings. The average molecular weight is 324 g/mol. The van der Waals surface area contributed by atoms with Crippen LogP contribution in [0.1, 0.15) is 34.9 Å². The maximum atomic E-state index is 12.9. The molecule has 0 unspecified atom stereocenters. The van der Waals surface area contributed by atoms with E-state index in [4.69, 9.17) is 10.5 Å². The molecule has 0 saturated carbocycles. The van der Waals surface area contributed by atoms with Gasteiger partial charge in [-0.15, -0.1) is 0 Å². The molecule has 2 amide bonds. The number of carbonyl (C=O) groups is 2. The van der Waals surface area contributed by atoms with Gasteiger partial charge in [0.25, 0.3) is 5.91 Å². The van der Waals surface area contributed by atoms with Crippen molar-refractivity contribution in [3.8, 4) is 5.75 Å². The number of nitrogens with zero attached hydrogens (tertiary/aromatic N) is 1. The summed E-state index contributed by atoms with van der Waals surface area (Å²) in [5, 5.41) is 0. The van der Waals surface area contributed by atoms with E-state index in [1.165, 1.54) is 0 Å². The van der Waals surface area contributed by atoms with Gasteiger partial charge in [0.1, 0.15) is 5.75 Å². The van der Waals surface area contributed by atoms with Gasteiger partial charge in [0.2, 0.25) is 12.0 Å². The average Bonchev–Trinajstić information content (AvgIpc) is 3.15. The summed E-state index contributed by atoms with van der Waals surface area (Å²) >= 11 is 0. The number of hydrogen-bond acceptors (Lipinski definition) is 3. The molecule has 3 rings (SSSR count). The van der Waals surface area contributed by atoms with Gasteiger partial charge in [-0.05, 0) is 37.1 Å². The SMILES string of the molecule is NC(=O)c1ccc(O[C@@H](C(=O)N2CCCC2)c2ccccc2)cc1. The quantitative estimate of drug-likeness (QED) is 0.918. The fourth-order valence-electron chi connectivity index (χ4n) is 2.83. The number of amides is 2. The van der Waals surface area contributed by atoms with Crippen LogP contribution < -0.4 is 10.5 Å². The van der Waals surface area contributed by atoms with Gasteiger partial charge in [-0.3, -0.25) is 9.59 Å². The van der Waals surface area contributed by atoms with Crippen molar-refractivity contribution in [2.24, 2.45) is 5.73 Å². The second-order valence-corrected chi connectivity index (χ2v) is 5.83. The van der Waals surface area contributed by atoms with Crippen molar-refractivity contribution >= 4 is 11.8 Å². The van der Waals surface area contributed by atoms with Crippen LogP contribution in [0.2, 0.25) is 0 Å². The summed E-state index contributed by atoms with van der Waals surface area (Å²) in [6, 6.07) is 16.0. The predicted octanol–water partition coefficient (Wildman–Crippen LogP) is 2.53. The van der Waals surface area contributed by atoms with Crippen molar-refractivity contribution in [1.29, 1.82) is 0 Å². The van der Waals surface area contributed by atoms with Crippen LogP contribution in [-0.4, -0.2) is 29.8 Å². The number of carbonyl (C=O) groups excluding carboxylic acids is 2. The van der Waals surface area contributed by atoms with E-state index in [2.05, 4.69) is 0 Å². The minimum Gasteiger partial charge on any atom is -0.476 e. The van der Waals surface area contributed by atoms with Crippen LogP contribution in [0, 0.1) is 0 Å². The fourth-order valence-corrected chi connectivity index (χ4v) is 2.83. The van der Waals surface area contributed by atoms with Crippen LogP contribution in [0.3, 0.4) is 0 Å². The number of rotatable bonds is 5. The van der Waals surface area contributed by atoms with Crippen LogP contribution in [0.15, 0.2) is 54.6 Å². The van der Waals surface area contributed by atoms with Gasteiger partial charge in [-0.25, -0.2) is 0 Å². The molecule has 0 bridgehead atoms. The summed E-state index contributed by atoms with van der Waals surface area (Å²) in [5.74, 6) is 0.00776. The van der Waals surface area contributed by atoms with Crippen LogP contribution >= 0.6 is 0 Å². The standard InChI is InChI=1S/C19H20N2O3/c20-18(22)15-8-10-16(11-9-15)24-17(14-6-2-1-3-7-14)19(23)21-12-4-5-13-21/h1-3,6-11,17H,4-5,12-13H2,(H2,20,22)/t17-/m1/s1. The molecule has 5 heteroatoms. The highest BCUT2D eigenvalue weighted by atomic mass is 16.5. The normalized spacial score (nSPS) is 15.1. The molecule has 1 atom stereocenters. The molecule has 0 spiro atoms. The highest BCUT2D eigenvalue weighted by molar-refractivity contribution is 5.92. The lowest BCUT2D eigenvalue weighted by atomic mass is 10.1. The Morgan fingerprint density at radius 3 is 2.17 bits per heavy atom. The molecule has 2 N–H and O–H groups in total. The Kier molecular flexibility index (Phi) is 4.79. The molecule has 1 heterocycles. The maximum Gasteiger partial charge on any atom is 0.268 e. The largest absolute Gasteiger partial charge is 0.476 e. The summed E-state index contributed by atoms with van der Waals surface area (Å²) in [7, 11) is 0. The summed E-state index contributed by atoms with van der Waals surface area (Å²) in [6.45, 7) is 1.54. The van der Waals surface area contributed by atoms with E-state index < -0.39 is 12.0 Å². The highest BCUT2D eigenvalue weighted by Crippen LogP contribution is 2.26. The predicted molar refractivity (Wildman–Crippen MR) is 90.6 cm³/mol. The van der Waals surface area contributed by atoms with Crippen LogP contribution in [0.4, 0.5) is 0 Å². The summed E-state index contributed by atoms with van der Waals surface area (Å²) in [6.07, 6.45) is 1.37. The zero-order chi connectivity index (χ0) is 16.9. The lowest BCUT2D eigenvalue weighted by Gasteiger charge is -2.24. The first kappa shape index (κ1) is 16.1. The van der Waals surface area contributed by atoms with Crippen LogP contribution in [0.5, 0.6) is 5.75 Å². The molecule has 24 heavy (non-hydrogen) atoms. The molecule has 0 radical (unpaired) electrons. The number of likely N-dealkylation sites (tertiary alicyclic amines) is 1. The Morgan fingerprint density at radius 2 is 1.58 bits per heavy atom. The molecule has 2 aromatic rings. The van der Waals surface area contributed by atoms with Crippen molar-refractivity contribution < 1.29 is 14.3 Å². The topological polar surface area (TPSA) is 72.6 Å². The third-order valence-corrected chi connectivity index (χ3v) is 4.14. The monoisotopic (exact) mass is 324 g/mol. The molecule has 124 valence electrons. The van der Waals surface area contributed by atoms with Gasteiger partial charge < -0.3 is 15.4 Å². The molecule has 1 aliphatic heterocycles. The number of ether oxygens (including phenoxy) is 1. The Hall–Kier alpha value is -2.82. The van der Waals surface area contributed by atoms with E-state index in [1.54, 1.807) is 24.3 Å². The minimum absolute atomic E-state index is 0.0299. The summed E-state index contributed by atoms with van der Waals surface area (Å²) < 4.78 is 5.97. The van der Waals surface area contributed by atoms with Crippen LogP contribution in [-0.2, 0) is 4.79 Å². The summed E-state index contributed by atoms with van der Waals surface area (Å²) in [5.41, 5.74) is 6.47. The third kappa shape index (κ3) is 3.56. The number of benzene rings is 2. The van der Waals surface area contributed by atoms with E-state index in [1.807, 2.05) is 35.2 Å². The second-order valence-electron chi connectivity index (χ2n) is 5.83. The van der Waals surface area contributed by atoms with E-state index >= 15 is 0 Å². The van der Waals surface area contributed by atoms with E-state index in [9.17, 15) is 9.59 Å². The van der Waals surface area contributed by atoms with Gasteiger partial charge in [0, 0.05) is 24.2 Å². The Bertz CT molecular complexity index is 707. The van der Waals surface area contributed by atoms with Crippen molar-refractivity contribution in [3.63, 3.8) is 0 Å². The number of primary amides is 1. The van der Waals surface area contributed by atoms with Gasteiger partial charge >= 0.3 is 0 Å². The smallest absolute Gasteiger partial charge is 0.268 e. The molecular weight excluding hydrogens is 304 g/mol. The first-order valence-corrected chi connectivity index (χ1v) is 8.05. The number of nitrogens with two attached hydrogens (primary N) is 1. The molecule has 0 aromatic heterocycles. The highest BCUT2D eigenvalue weighted by Gasteiger charge is 2.29. The van der Waals surface area contributed by atoms with E-state index in [0.29, 0.717) is 11.3 Å². The maximum absolute atomic E-state index is 12.9. The van der Waals surface area contributed by atoms with Gasteiger partial charge in [-0.2, -0.15) is 0 Å². The van der Waals surface area contributed by atoms with E-state index in [-0.39, 0.29) is 5.91 Å².